The fourth-order valence-corrected chi connectivity index (χ4v) is 3.40. The van der Waals surface area contributed by atoms with Crippen LogP contribution >= 0.6 is 0 Å². The second-order valence-corrected chi connectivity index (χ2v) is 7.46. The number of anilines is 4. The number of nitrogens with one attached hydrogen (secondary N) is 3. The van der Waals surface area contributed by atoms with Crippen LogP contribution in [0.4, 0.5) is 27.7 Å². The summed E-state index contributed by atoms with van der Waals surface area (Å²) in [5.41, 5.74) is 0.709. The summed E-state index contributed by atoms with van der Waals surface area (Å²) < 4.78 is 13.2. The molecule has 4 rings (SSSR count). The lowest BCUT2D eigenvalue weighted by molar-refractivity contribution is 0.145. The van der Waals surface area contributed by atoms with Crippen LogP contribution in [0, 0.1) is 5.82 Å². The van der Waals surface area contributed by atoms with Crippen molar-refractivity contribution in [2.45, 2.75) is 31.9 Å². The highest BCUT2D eigenvalue weighted by atomic mass is 19.1. The maximum absolute atomic E-state index is 13.2. The third-order valence-corrected chi connectivity index (χ3v) is 5.12. The SMILES string of the molecule is CC(Nc1cc(N2CCC(O)CC2)nc(Nc2ccc[nH]c2=O)n1)c1ccc(F)cn1. The van der Waals surface area contributed by atoms with Gasteiger partial charge in [0.1, 0.15) is 23.1 Å². The van der Waals surface area contributed by atoms with E-state index in [4.69, 9.17) is 0 Å². The molecule has 0 spiro atoms. The van der Waals surface area contributed by atoms with E-state index in [2.05, 4.69) is 35.5 Å². The van der Waals surface area contributed by atoms with Crippen molar-refractivity contribution < 1.29 is 9.50 Å². The predicted octanol–water partition coefficient (Wildman–Crippen LogP) is 2.58. The fraction of sp³-hybridized carbons (Fsp3) is 0.333. The molecule has 4 heterocycles. The van der Waals surface area contributed by atoms with Crippen LogP contribution in [0.3, 0.4) is 0 Å². The molecule has 10 heteroatoms. The van der Waals surface area contributed by atoms with Gasteiger partial charge < -0.3 is 25.6 Å². The van der Waals surface area contributed by atoms with E-state index in [1.54, 1.807) is 24.4 Å². The summed E-state index contributed by atoms with van der Waals surface area (Å²) in [6.07, 6.45) is 3.73. The van der Waals surface area contributed by atoms with Gasteiger partial charge in [-0.15, -0.1) is 0 Å². The van der Waals surface area contributed by atoms with E-state index in [1.165, 1.54) is 12.3 Å². The Balaban J connectivity index is 1.62. The molecule has 0 aromatic carbocycles. The second-order valence-electron chi connectivity index (χ2n) is 7.46. The van der Waals surface area contributed by atoms with Crippen molar-refractivity contribution in [2.75, 3.05) is 28.6 Å². The highest BCUT2D eigenvalue weighted by Crippen LogP contribution is 2.25. The maximum Gasteiger partial charge on any atom is 0.271 e. The molecule has 0 amide bonds. The van der Waals surface area contributed by atoms with Crippen LogP contribution in [0.15, 0.2) is 47.5 Å². The van der Waals surface area contributed by atoms with Gasteiger partial charge in [0.25, 0.3) is 5.56 Å². The third kappa shape index (κ3) is 5.15. The van der Waals surface area contributed by atoms with Crippen molar-refractivity contribution in [3.8, 4) is 0 Å². The van der Waals surface area contributed by atoms with Gasteiger partial charge in [-0.2, -0.15) is 9.97 Å². The maximum atomic E-state index is 13.2. The molecule has 1 fully saturated rings. The number of halogens is 1. The van der Waals surface area contributed by atoms with Gasteiger partial charge in [-0.1, -0.05) is 0 Å². The van der Waals surface area contributed by atoms with Crippen molar-refractivity contribution in [3.63, 3.8) is 0 Å². The first kappa shape index (κ1) is 20.7. The summed E-state index contributed by atoms with van der Waals surface area (Å²) in [4.78, 5) is 29.9. The summed E-state index contributed by atoms with van der Waals surface area (Å²) in [6.45, 7) is 3.23. The van der Waals surface area contributed by atoms with Gasteiger partial charge in [0.2, 0.25) is 5.95 Å². The van der Waals surface area contributed by atoms with Crippen molar-refractivity contribution in [3.05, 3.63) is 64.6 Å². The quantitative estimate of drug-likeness (QED) is 0.476. The topological polar surface area (TPSA) is 119 Å². The molecular weight excluding hydrogens is 401 g/mol. The van der Waals surface area contributed by atoms with Crippen molar-refractivity contribution in [1.29, 1.82) is 0 Å². The van der Waals surface area contributed by atoms with Gasteiger partial charge >= 0.3 is 0 Å². The predicted molar refractivity (Wildman–Crippen MR) is 116 cm³/mol. The zero-order valence-electron chi connectivity index (χ0n) is 17.0. The largest absolute Gasteiger partial charge is 0.393 e. The number of hydrogen-bond acceptors (Lipinski definition) is 8. The molecule has 9 nitrogen and oxygen atoms in total. The number of aromatic nitrogens is 4. The van der Waals surface area contributed by atoms with E-state index in [0.717, 1.165) is 0 Å². The molecule has 162 valence electrons. The zero-order valence-corrected chi connectivity index (χ0v) is 17.0. The summed E-state index contributed by atoms with van der Waals surface area (Å²) in [7, 11) is 0. The number of nitrogens with zero attached hydrogens (tertiary/aromatic N) is 4. The summed E-state index contributed by atoms with van der Waals surface area (Å²) in [5, 5.41) is 16.1. The second kappa shape index (κ2) is 9.09. The number of aliphatic hydroxyl groups is 1. The van der Waals surface area contributed by atoms with Crippen LogP contribution in [0.5, 0.6) is 0 Å². The molecule has 1 aliphatic rings. The van der Waals surface area contributed by atoms with E-state index in [-0.39, 0.29) is 23.7 Å². The molecule has 1 aliphatic heterocycles. The van der Waals surface area contributed by atoms with Gasteiger partial charge in [0.05, 0.1) is 24.0 Å². The van der Waals surface area contributed by atoms with E-state index in [9.17, 15) is 14.3 Å². The van der Waals surface area contributed by atoms with Crippen LogP contribution in [-0.4, -0.2) is 44.2 Å². The van der Waals surface area contributed by atoms with Crippen molar-refractivity contribution >= 4 is 23.3 Å². The lowest BCUT2D eigenvalue weighted by atomic mass is 10.1. The molecule has 31 heavy (non-hydrogen) atoms. The Morgan fingerprint density at radius 2 is 2.06 bits per heavy atom. The third-order valence-electron chi connectivity index (χ3n) is 5.12. The number of rotatable bonds is 6. The number of aromatic amines is 1. The molecule has 0 saturated carbocycles. The van der Waals surface area contributed by atoms with Crippen molar-refractivity contribution in [2.24, 2.45) is 0 Å². The molecule has 0 bridgehead atoms. The highest BCUT2D eigenvalue weighted by Gasteiger charge is 2.20. The van der Waals surface area contributed by atoms with Crippen LogP contribution in [-0.2, 0) is 0 Å². The van der Waals surface area contributed by atoms with E-state index in [0.29, 0.717) is 48.9 Å². The highest BCUT2D eigenvalue weighted by molar-refractivity contribution is 5.59. The lowest BCUT2D eigenvalue weighted by Crippen LogP contribution is -2.36. The Hall–Kier alpha value is -3.53. The van der Waals surface area contributed by atoms with Gasteiger partial charge in [-0.25, -0.2) is 4.39 Å². The number of piperidine rings is 1. The van der Waals surface area contributed by atoms with Crippen molar-refractivity contribution in [1.82, 2.24) is 19.9 Å². The van der Waals surface area contributed by atoms with Crippen LogP contribution in [0.1, 0.15) is 31.5 Å². The van der Waals surface area contributed by atoms with Gasteiger partial charge in [-0.05, 0) is 44.0 Å². The first-order valence-corrected chi connectivity index (χ1v) is 10.1. The summed E-state index contributed by atoms with van der Waals surface area (Å²) >= 11 is 0. The minimum absolute atomic E-state index is 0.237. The average Bonchev–Trinajstić information content (AvgIpc) is 2.76. The van der Waals surface area contributed by atoms with Gasteiger partial charge in [0, 0.05) is 25.4 Å². The molecule has 3 aromatic rings. The minimum Gasteiger partial charge on any atom is -0.393 e. The Morgan fingerprint density at radius 1 is 1.26 bits per heavy atom. The average molecular weight is 425 g/mol. The number of pyridine rings is 2. The first-order chi connectivity index (χ1) is 15.0. The van der Waals surface area contributed by atoms with Crippen LogP contribution in [0.25, 0.3) is 0 Å². The van der Waals surface area contributed by atoms with E-state index in [1.807, 2.05) is 13.0 Å². The molecular formula is C21H24FN7O2. The first-order valence-electron chi connectivity index (χ1n) is 10.1. The molecule has 1 unspecified atom stereocenters. The number of aliphatic hydroxyl groups excluding tert-OH is 1. The molecule has 1 saturated heterocycles. The Bertz CT molecular complexity index is 1080. The molecule has 0 aliphatic carbocycles. The monoisotopic (exact) mass is 425 g/mol. The Morgan fingerprint density at radius 3 is 2.77 bits per heavy atom. The summed E-state index contributed by atoms with van der Waals surface area (Å²) in [6, 6.07) is 7.91. The Labute approximate surface area is 178 Å². The lowest BCUT2D eigenvalue weighted by Gasteiger charge is -2.31. The standard InChI is InChI=1S/C21H24FN7O2/c1-13(16-5-4-14(22)12-24-16)25-18-11-19(29-9-6-15(30)7-10-29)28-21(27-18)26-17-3-2-8-23-20(17)31/h2-5,8,11-13,15,30H,6-7,9-10H2,1H3,(H,23,31)(H2,25,26,27,28). The van der Waals surface area contributed by atoms with Crippen LogP contribution < -0.4 is 21.1 Å². The number of hydrogen-bond donors (Lipinski definition) is 4. The van der Waals surface area contributed by atoms with E-state index >= 15 is 0 Å². The van der Waals surface area contributed by atoms with Crippen LogP contribution in [0.2, 0.25) is 0 Å². The molecule has 4 N–H and O–H groups in total. The fourth-order valence-electron chi connectivity index (χ4n) is 3.40. The summed E-state index contributed by atoms with van der Waals surface area (Å²) in [5.74, 6) is 1.08. The van der Waals surface area contributed by atoms with Gasteiger partial charge in [0.15, 0.2) is 0 Å². The Kier molecular flexibility index (Phi) is 6.08. The van der Waals surface area contributed by atoms with E-state index < -0.39 is 5.82 Å². The number of H-pyrrole nitrogens is 1. The van der Waals surface area contributed by atoms with Gasteiger partial charge in [-0.3, -0.25) is 9.78 Å². The molecule has 0 radical (unpaired) electrons. The zero-order chi connectivity index (χ0) is 21.8. The molecule has 1 atom stereocenters. The smallest absolute Gasteiger partial charge is 0.271 e. The normalized spacial score (nSPS) is 15.5. The minimum atomic E-state index is -0.396. The molecule has 3 aromatic heterocycles.